The molecule has 0 aromatic carbocycles. The van der Waals surface area contributed by atoms with Crippen molar-refractivity contribution in [3.05, 3.63) is 18.1 Å². The van der Waals surface area contributed by atoms with Crippen LogP contribution in [0.15, 0.2) is 12.4 Å². The van der Waals surface area contributed by atoms with Crippen molar-refractivity contribution in [1.29, 1.82) is 0 Å². The Morgan fingerprint density at radius 3 is 3.05 bits per heavy atom. The summed E-state index contributed by atoms with van der Waals surface area (Å²) in [5.41, 5.74) is 1.18. The summed E-state index contributed by atoms with van der Waals surface area (Å²) in [6.07, 6.45) is 9.27. The highest BCUT2D eigenvalue weighted by Gasteiger charge is 2.29. The van der Waals surface area contributed by atoms with Gasteiger partial charge in [0.15, 0.2) is 0 Å². The van der Waals surface area contributed by atoms with E-state index < -0.39 is 0 Å². The summed E-state index contributed by atoms with van der Waals surface area (Å²) in [4.78, 5) is 11.3. The minimum absolute atomic E-state index is 0.731. The van der Waals surface area contributed by atoms with E-state index in [1.165, 1.54) is 37.9 Å². The maximum atomic E-state index is 4.50. The molecule has 2 aliphatic rings. The van der Waals surface area contributed by atoms with E-state index in [1.807, 2.05) is 0 Å². The minimum Gasteiger partial charge on any atom is -0.356 e. The first kappa shape index (κ1) is 13.8. The molecule has 2 saturated heterocycles. The van der Waals surface area contributed by atoms with Crippen LogP contribution < -0.4 is 10.2 Å². The second-order valence-corrected chi connectivity index (χ2v) is 6.17. The van der Waals surface area contributed by atoms with Crippen LogP contribution in [0.1, 0.15) is 44.7 Å². The van der Waals surface area contributed by atoms with Crippen molar-refractivity contribution in [3.63, 3.8) is 0 Å². The lowest BCUT2D eigenvalue weighted by Crippen LogP contribution is -2.43. The molecule has 0 radical (unpaired) electrons. The largest absolute Gasteiger partial charge is 0.356 e. The molecule has 2 atom stereocenters. The molecule has 1 N–H and O–H groups in total. The van der Waals surface area contributed by atoms with E-state index in [0.29, 0.717) is 0 Å². The van der Waals surface area contributed by atoms with Crippen LogP contribution in [0.25, 0.3) is 0 Å². The number of rotatable bonds is 4. The van der Waals surface area contributed by atoms with E-state index in [-0.39, 0.29) is 0 Å². The van der Waals surface area contributed by atoms with Gasteiger partial charge in [-0.05, 0) is 44.6 Å². The second kappa shape index (κ2) is 6.53. The molecular weight excluding hydrogens is 248 g/mol. The van der Waals surface area contributed by atoms with E-state index in [4.69, 9.17) is 0 Å². The summed E-state index contributed by atoms with van der Waals surface area (Å²) in [7, 11) is 0. The number of hydrogen-bond acceptors (Lipinski definition) is 4. The van der Waals surface area contributed by atoms with Gasteiger partial charge in [-0.3, -0.25) is 0 Å². The predicted octanol–water partition coefficient (Wildman–Crippen LogP) is 2.40. The number of aryl methyl sites for hydroxylation is 1. The Labute approximate surface area is 122 Å². The molecule has 1 aromatic heterocycles. The number of nitrogens with one attached hydrogen (secondary N) is 1. The zero-order chi connectivity index (χ0) is 13.8. The molecule has 0 bridgehead atoms. The highest BCUT2D eigenvalue weighted by Crippen LogP contribution is 2.27. The fourth-order valence-corrected chi connectivity index (χ4v) is 3.61. The average molecular weight is 274 g/mol. The van der Waals surface area contributed by atoms with Crippen LogP contribution in [0.5, 0.6) is 0 Å². The molecule has 0 aliphatic carbocycles. The van der Waals surface area contributed by atoms with E-state index in [1.54, 1.807) is 6.33 Å². The summed E-state index contributed by atoms with van der Waals surface area (Å²) in [6.45, 7) is 5.70. The predicted molar refractivity (Wildman–Crippen MR) is 82.0 cm³/mol. The summed E-state index contributed by atoms with van der Waals surface area (Å²) >= 11 is 0. The van der Waals surface area contributed by atoms with Crippen molar-refractivity contribution in [3.8, 4) is 0 Å². The van der Waals surface area contributed by atoms with Crippen molar-refractivity contribution in [2.45, 2.75) is 51.5 Å². The van der Waals surface area contributed by atoms with Crippen molar-refractivity contribution < 1.29 is 0 Å². The van der Waals surface area contributed by atoms with Crippen LogP contribution in [0.4, 0.5) is 5.82 Å². The van der Waals surface area contributed by atoms with E-state index in [9.17, 15) is 0 Å². The maximum Gasteiger partial charge on any atom is 0.132 e. The van der Waals surface area contributed by atoms with Crippen molar-refractivity contribution in [2.24, 2.45) is 5.92 Å². The van der Waals surface area contributed by atoms with E-state index in [0.717, 1.165) is 43.7 Å². The zero-order valence-electron chi connectivity index (χ0n) is 12.5. The van der Waals surface area contributed by atoms with Crippen LogP contribution in [-0.4, -0.2) is 35.6 Å². The molecule has 4 nitrogen and oxygen atoms in total. The molecule has 0 spiro atoms. The second-order valence-electron chi connectivity index (χ2n) is 6.17. The Kier molecular flexibility index (Phi) is 4.51. The number of piperidine rings is 1. The third-order valence-corrected chi connectivity index (χ3v) is 4.66. The summed E-state index contributed by atoms with van der Waals surface area (Å²) in [5.74, 6) is 1.92. The SMILES string of the molecule is CCCc1cc(N2CCCC(C3CCCN3)C2)ncn1. The quantitative estimate of drug-likeness (QED) is 0.915. The molecule has 2 aliphatic heterocycles. The lowest BCUT2D eigenvalue weighted by Gasteiger charge is -2.36. The topological polar surface area (TPSA) is 41.0 Å². The maximum absolute atomic E-state index is 4.50. The Morgan fingerprint density at radius 2 is 2.25 bits per heavy atom. The van der Waals surface area contributed by atoms with Gasteiger partial charge in [0.1, 0.15) is 12.1 Å². The molecule has 0 saturated carbocycles. The smallest absolute Gasteiger partial charge is 0.132 e. The van der Waals surface area contributed by atoms with Gasteiger partial charge >= 0.3 is 0 Å². The first-order chi connectivity index (χ1) is 9.86. The number of aromatic nitrogens is 2. The number of anilines is 1. The summed E-state index contributed by atoms with van der Waals surface area (Å²) < 4.78 is 0. The number of nitrogens with zero attached hydrogens (tertiary/aromatic N) is 3. The Hall–Kier alpha value is -1.16. The van der Waals surface area contributed by atoms with Gasteiger partial charge < -0.3 is 10.2 Å². The summed E-state index contributed by atoms with van der Waals surface area (Å²) in [6, 6.07) is 2.92. The van der Waals surface area contributed by atoms with Crippen LogP contribution in [-0.2, 0) is 6.42 Å². The molecule has 20 heavy (non-hydrogen) atoms. The van der Waals surface area contributed by atoms with Gasteiger partial charge in [0.2, 0.25) is 0 Å². The molecule has 110 valence electrons. The van der Waals surface area contributed by atoms with Gasteiger partial charge in [0.25, 0.3) is 0 Å². The van der Waals surface area contributed by atoms with Crippen LogP contribution in [0.3, 0.4) is 0 Å². The van der Waals surface area contributed by atoms with Crippen LogP contribution in [0.2, 0.25) is 0 Å². The monoisotopic (exact) mass is 274 g/mol. The van der Waals surface area contributed by atoms with Crippen molar-refractivity contribution in [1.82, 2.24) is 15.3 Å². The van der Waals surface area contributed by atoms with E-state index >= 15 is 0 Å². The third-order valence-electron chi connectivity index (χ3n) is 4.66. The van der Waals surface area contributed by atoms with Gasteiger partial charge in [0, 0.05) is 30.9 Å². The Morgan fingerprint density at radius 1 is 1.30 bits per heavy atom. The number of hydrogen-bond donors (Lipinski definition) is 1. The van der Waals surface area contributed by atoms with Gasteiger partial charge in [-0.25, -0.2) is 9.97 Å². The third kappa shape index (κ3) is 3.11. The van der Waals surface area contributed by atoms with Crippen LogP contribution >= 0.6 is 0 Å². The van der Waals surface area contributed by atoms with Gasteiger partial charge in [0.05, 0.1) is 0 Å². The highest BCUT2D eigenvalue weighted by atomic mass is 15.2. The van der Waals surface area contributed by atoms with E-state index in [2.05, 4.69) is 33.2 Å². The molecule has 0 amide bonds. The van der Waals surface area contributed by atoms with Gasteiger partial charge in [-0.1, -0.05) is 13.3 Å². The lowest BCUT2D eigenvalue weighted by atomic mass is 9.90. The van der Waals surface area contributed by atoms with Crippen molar-refractivity contribution >= 4 is 5.82 Å². The van der Waals surface area contributed by atoms with Gasteiger partial charge in [-0.2, -0.15) is 0 Å². The fraction of sp³-hybridized carbons (Fsp3) is 0.750. The average Bonchev–Trinajstić information content (AvgIpc) is 3.02. The molecular formula is C16H26N4. The minimum atomic E-state index is 0.731. The molecule has 4 heteroatoms. The first-order valence-corrected chi connectivity index (χ1v) is 8.16. The molecule has 2 fully saturated rings. The lowest BCUT2D eigenvalue weighted by molar-refractivity contribution is 0.328. The fourth-order valence-electron chi connectivity index (χ4n) is 3.61. The normalized spacial score (nSPS) is 26.9. The van der Waals surface area contributed by atoms with Gasteiger partial charge in [-0.15, -0.1) is 0 Å². The summed E-state index contributed by atoms with van der Waals surface area (Å²) in [5, 5.41) is 3.67. The molecule has 3 rings (SSSR count). The molecule has 2 unspecified atom stereocenters. The van der Waals surface area contributed by atoms with Crippen LogP contribution in [0, 0.1) is 5.92 Å². The highest BCUT2D eigenvalue weighted by molar-refractivity contribution is 5.39. The standard InChI is InChI=1S/C16H26N4/c1-2-5-14-10-16(19-12-18-14)20-9-4-6-13(11-20)15-7-3-8-17-15/h10,12-13,15,17H,2-9,11H2,1H3. The zero-order valence-corrected chi connectivity index (χ0v) is 12.5. The molecule has 1 aromatic rings. The Balaban J connectivity index is 1.68. The Bertz CT molecular complexity index is 428. The van der Waals surface area contributed by atoms with Crippen molar-refractivity contribution in [2.75, 3.05) is 24.5 Å². The molecule has 3 heterocycles. The first-order valence-electron chi connectivity index (χ1n) is 8.16.